The van der Waals surface area contributed by atoms with Gasteiger partial charge in [-0.2, -0.15) is 0 Å². The van der Waals surface area contributed by atoms with E-state index in [-0.39, 0.29) is 12.6 Å². The fraction of sp³-hybridized carbons (Fsp3) is 0.320. The number of carbonyl (C=O) groups is 1. The predicted molar refractivity (Wildman–Crippen MR) is 127 cm³/mol. The van der Waals surface area contributed by atoms with E-state index in [1.807, 2.05) is 57.2 Å². The molecule has 0 saturated carbocycles. The molecule has 0 amide bonds. The Hall–Kier alpha value is -1.88. The first-order chi connectivity index (χ1) is 14.2. The number of carbonyl (C=O) groups excluding carboxylic acids is 1. The molecular weight excluding hydrogens is 464 g/mol. The second-order valence-electron chi connectivity index (χ2n) is 8.05. The number of hydrogen-bond donors (Lipinski definition) is 0. The number of fused-ring (bicyclic) bond motifs is 1. The highest BCUT2D eigenvalue weighted by atomic mass is 79.9. The van der Waals surface area contributed by atoms with Crippen molar-refractivity contribution in [1.29, 1.82) is 0 Å². The second kappa shape index (κ2) is 9.51. The van der Waals surface area contributed by atoms with Crippen LogP contribution in [0.4, 0.5) is 0 Å². The van der Waals surface area contributed by atoms with Gasteiger partial charge in [0, 0.05) is 15.9 Å². The summed E-state index contributed by atoms with van der Waals surface area (Å²) < 4.78 is 11.7. The zero-order chi connectivity index (χ0) is 21.9. The molecule has 5 heteroatoms. The molecule has 0 N–H and O–H groups in total. The van der Waals surface area contributed by atoms with Crippen molar-refractivity contribution in [3.8, 4) is 11.1 Å². The minimum atomic E-state index is -0.854. The third-order valence-corrected chi connectivity index (χ3v) is 5.54. The van der Waals surface area contributed by atoms with Gasteiger partial charge in [-0.1, -0.05) is 63.9 Å². The van der Waals surface area contributed by atoms with Crippen molar-refractivity contribution in [2.45, 2.75) is 44.7 Å². The van der Waals surface area contributed by atoms with E-state index in [0.29, 0.717) is 10.4 Å². The van der Waals surface area contributed by atoms with Crippen LogP contribution >= 0.6 is 27.5 Å². The van der Waals surface area contributed by atoms with Gasteiger partial charge in [0.05, 0.1) is 12.2 Å². The van der Waals surface area contributed by atoms with Crippen LogP contribution in [0.2, 0.25) is 5.02 Å². The van der Waals surface area contributed by atoms with Crippen molar-refractivity contribution in [2.75, 3.05) is 6.61 Å². The van der Waals surface area contributed by atoms with Gasteiger partial charge in [0.2, 0.25) is 0 Å². The van der Waals surface area contributed by atoms with Crippen LogP contribution in [0.25, 0.3) is 21.9 Å². The van der Waals surface area contributed by atoms with Crippen molar-refractivity contribution in [3.05, 3.63) is 70.7 Å². The van der Waals surface area contributed by atoms with E-state index in [2.05, 4.69) is 34.1 Å². The van der Waals surface area contributed by atoms with Crippen molar-refractivity contribution in [2.24, 2.45) is 0 Å². The third-order valence-electron chi connectivity index (χ3n) is 4.69. The Bertz CT molecular complexity index is 1040. The van der Waals surface area contributed by atoms with Gasteiger partial charge >= 0.3 is 5.97 Å². The number of benzene rings is 3. The standard InChI is InChI=1S/C25H26BrClO3/c1-5-29-24(28)23(30-25(2,3)4)22-18(15-26)14-17-8-6-7-9-20(17)21(22)16-10-12-19(27)13-11-16/h6-14,23H,5,15H2,1-4H3. The number of rotatable bonds is 6. The number of ether oxygens (including phenoxy) is 2. The highest BCUT2D eigenvalue weighted by molar-refractivity contribution is 9.08. The third kappa shape index (κ3) is 5.05. The van der Waals surface area contributed by atoms with Gasteiger partial charge in [-0.25, -0.2) is 4.79 Å². The molecular formula is C25H26BrClO3. The SMILES string of the molecule is CCOC(=O)C(OC(C)(C)C)c1c(CBr)cc2ccccc2c1-c1ccc(Cl)cc1. The van der Waals surface area contributed by atoms with Crippen molar-refractivity contribution in [3.63, 3.8) is 0 Å². The molecule has 3 nitrogen and oxygen atoms in total. The average Bonchev–Trinajstić information content (AvgIpc) is 2.71. The zero-order valence-corrected chi connectivity index (χ0v) is 20.0. The van der Waals surface area contributed by atoms with Crippen molar-refractivity contribution >= 4 is 44.3 Å². The summed E-state index contributed by atoms with van der Waals surface area (Å²) in [6.45, 7) is 7.91. The molecule has 0 aliphatic heterocycles. The molecule has 3 aromatic carbocycles. The maximum atomic E-state index is 13.1. The first kappa shape index (κ1) is 22.8. The fourth-order valence-electron chi connectivity index (χ4n) is 3.56. The summed E-state index contributed by atoms with van der Waals surface area (Å²) in [6.07, 6.45) is -0.854. The topological polar surface area (TPSA) is 35.5 Å². The molecule has 0 radical (unpaired) electrons. The molecule has 0 aromatic heterocycles. The molecule has 0 saturated heterocycles. The van der Waals surface area contributed by atoms with Gasteiger partial charge in [-0.05, 0) is 73.4 Å². The van der Waals surface area contributed by atoms with E-state index in [1.54, 1.807) is 6.92 Å². The first-order valence-corrected chi connectivity index (χ1v) is 11.5. The number of halogens is 2. The lowest BCUT2D eigenvalue weighted by atomic mass is 9.87. The fourth-order valence-corrected chi connectivity index (χ4v) is 4.15. The molecule has 30 heavy (non-hydrogen) atoms. The lowest BCUT2D eigenvalue weighted by molar-refractivity contribution is -0.166. The summed E-state index contributed by atoms with van der Waals surface area (Å²) >= 11 is 9.77. The second-order valence-corrected chi connectivity index (χ2v) is 9.05. The van der Waals surface area contributed by atoms with Gasteiger partial charge in [-0.15, -0.1) is 0 Å². The van der Waals surface area contributed by atoms with Crippen LogP contribution in [0.1, 0.15) is 44.9 Å². The van der Waals surface area contributed by atoms with E-state index >= 15 is 0 Å². The quantitative estimate of drug-likeness (QED) is 0.266. The summed E-state index contributed by atoms with van der Waals surface area (Å²) in [7, 11) is 0. The zero-order valence-electron chi connectivity index (χ0n) is 17.7. The Kier molecular flexibility index (Phi) is 7.22. The van der Waals surface area contributed by atoms with Crippen LogP contribution in [0.3, 0.4) is 0 Å². The Balaban J connectivity index is 2.38. The van der Waals surface area contributed by atoms with E-state index < -0.39 is 11.7 Å². The molecule has 0 spiro atoms. The summed E-state index contributed by atoms with van der Waals surface area (Å²) in [4.78, 5) is 13.1. The lowest BCUT2D eigenvalue weighted by Gasteiger charge is -2.30. The smallest absolute Gasteiger partial charge is 0.339 e. The molecule has 0 bridgehead atoms. The van der Waals surface area contributed by atoms with Crippen LogP contribution in [0.15, 0.2) is 54.6 Å². The highest BCUT2D eigenvalue weighted by Crippen LogP contribution is 2.41. The Morgan fingerprint density at radius 3 is 2.37 bits per heavy atom. The minimum absolute atomic E-state index is 0.288. The average molecular weight is 490 g/mol. The predicted octanol–water partition coefficient (Wildman–Crippen LogP) is 7.47. The van der Waals surface area contributed by atoms with E-state index in [4.69, 9.17) is 21.1 Å². The van der Waals surface area contributed by atoms with Gasteiger partial charge in [0.1, 0.15) is 0 Å². The van der Waals surface area contributed by atoms with Crippen molar-refractivity contribution in [1.82, 2.24) is 0 Å². The van der Waals surface area contributed by atoms with Gasteiger partial charge in [-0.3, -0.25) is 0 Å². The van der Waals surface area contributed by atoms with Crippen LogP contribution < -0.4 is 0 Å². The van der Waals surface area contributed by atoms with Crippen LogP contribution in [-0.2, 0) is 19.6 Å². The van der Waals surface area contributed by atoms with E-state index in [9.17, 15) is 4.79 Å². The molecule has 158 valence electrons. The molecule has 0 fully saturated rings. The minimum Gasteiger partial charge on any atom is -0.464 e. The maximum absolute atomic E-state index is 13.1. The monoisotopic (exact) mass is 488 g/mol. The van der Waals surface area contributed by atoms with E-state index in [0.717, 1.165) is 33.0 Å². The lowest BCUT2D eigenvalue weighted by Crippen LogP contribution is -2.29. The first-order valence-electron chi connectivity index (χ1n) is 9.96. The Morgan fingerprint density at radius 1 is 1.10 bits per heavy atom. The molecule has 1 atom stereocenters. The molecule has 3 aromatic rings. The molecule has 0 aliphatic rings. The Morgan fingerprint density at radius 2 is 1.77 bits per heavy atom. The largest absolute Gasteiger partial charge is 0.464 e. The molecule has 3 rings (SSSR count). The molecule has 1 unspecified atom stereocenters. The van der Waals surface area contributed by atoms with E-state index in [1.165, 1.54) is 0 Å². The number of esters is 1. The van der Waals surface area contributed by atoms with Crippen LogP contribution in [-0.4, -0.2) is 18.2 Å². The summed E-state index contributed by atoms with van der Waals surface area (Å²) in [5, 5.41) is 3.39. The summed E-state index contributed by atoms with van der Waals surface area (Å²) in [6, 6.07) is 18.0. The summed E-state index contributed by atoms with van der Waals surface area (Å²) in [5.74, 6) is -0.389. The molecule has 0 heterocycles. The highest BCUT2D eigenvalue weighted by Gasteiger charge is 2.33. The normalized spacial score (nSPS) is 12.7. The van der Waals surface area contributed by atoms with Gasteiger partial charge in [0.15, 0.2) is 6.10 Å². The Labute approximate surface area is 191 Å². The number of alkyl halides is 1. The van der Waals surface area contributed by atoms with Crippen LogP contribution in [0.5, 0.6) is 0 Å². The maximum Gasteiger partial charge on any atom is 0.339 e. The molecule has 0 aliphatic carbocycles. The van der Waals surface area contributed by atoms with Crippen LogP contribution in [0, 0.1) is 0 Å². The summed E-state index contributed by atoms with van der Waals surface area (Å²) in [5.41, 5.74) is 3.20. The van der Waals surface area contributed by atoms with Gasteiger partial charge < -0.3 is 9.47 Å². The number of hydrogen-bond acceptors (Lipinski definition) is 3. The van der Waals surface area contributed by atoms with Gasteiger partial charge in [0.25, 0.3) is 0 Å². The van der Waals surface area contributed by atoms with Crippen molar-refractivity contribution < 1.29 is 14.3 Å².